The standard InChI is InChI=1S/C21H15Cl2NO2/c22-14-7-5-13(6-8-14)20(25)21-19(17-3-1-2-4-18(17)26-21)24-16-11-9-15(23)10-12-16/h1-12,19,21,24H. The van der Waals surface area contributed by atoms with Crippen molar-refractivity contribution in [1.29, 1.82) is 0 Å². The summed E-state index contributed by atoms with van der Waals surface area (Å²) in [6.07, 6.45) is -0.663. The Hall–Kier alpha value is -2.49. The second-order valence-corrected chi connectivity index (χ2v) is 6.95. The molecule has 0 saturated heterocycles. The number of carbonyl (C=O) groups is 1. The van der Waals surface area contributed by atoms with Gasteiger partial charge in [-0.1, -0.05) is 41.4 Å². The van der Waals surface area contributed by atoms with E-state index >= 15 is 0 Å². The van der Waals surface area contributed by atoms with Gasteiger partial charge in [-0.15, -0.1) is 0 Å². The van der Waals surface area contributed by atoms with Crippen molar-refractivity contribution in [1.82, 2.24) is 0 Å². The normalized spacial score (nSPS) is 18.1. The van der Waals surface area contributed by atoms with E-state index in [1.807, 2.05) is 48.5 Å². The van der Waals surface area contributed by atoms with Gasteiger partial charge in [-0.2, -0.15) is 0 Å². The number of hydrogen-bond donors (Lipinski definition) is 1. The highest BCUT2D eigenvalue weighted by atomic mass is 35.5. The molecule has 1 aliphatic rings. The van der Waals surface area contributed by atoms with Crippen LogP contribution in [0.5, 0.6) is 5.75 Å². The van der Waals surface area contributed by atoms with Crippen molar-refractivity contribution in [2.75, 3.05) is 5.32 Å². The fourth-order valence-corrected chi connectivity index (χ4v) is 3.33. The lowest BCUT2D eigenvalue weighted by Gasteiger charge is -2.21. The predicted molar refractivity (Wildman–Crippen MR) is 104 cm³/mol. The Kier molecular flexibility index (Phi) is 4.58. The minimum atomic E-state index is -0.663. The largest absolute Gasteiger partial charge is 0.479 e. The summed E-state index contributed by atoms with van der Waals surface area (Å²) in [5.74, 6) is 0.621. The van der Waals surface area contributed by atoms with Crippen molar-refractivity contribution in [3.63, 3.8) is 0 Å². The minimum absolute atomic E-state index is 0.0932. The van der Waals surface area contributed by atoms with Gasteiger partial charge >= 0.3 is 0 Å². The predicted octanol–water partition coefficient (Wildman–Crippen LogP) is 5.79. The highest BCUT2D eigenvalue weighted by Crippen LogP contribution is 2.40. The molecule has 0 aliphatic carbocycles. The maximum absolute atomic E-state index is 13.1. The maximum atomic E-state index is 13.1. The van der Waals surface area contributed by atoms with Gasteiger partial charge in [-0.25, -0.2) is 0 Å². The number of rotatable bonds is 4. The molecular formula is C21H15Cl2NO2. The number of anilines is 1. The number of benzene rings is 3. The van der Waals surface area contributed by atoms with Crippen LogP contribution in [-0.4, -0.2) is 11.9 Å². The first kappa shape index (κ1) is 17.0. The molecule has 5 heteroatoms. The molecule has 1 aliphatic heterocycles. The molecule has 2 unspecified atom stereocenters. The molecule has 2 atom stereocenters. The van der Waals surface area contributed by atoms with Gasteiger partial charge in [0.05, 0.1) is 6.04 Å². The van der Waals surface area contributed by atoms with Crippen molar-refractivity contribution in [2.24, 2.45) is 0 Å². The lowest BCUT2D eigenvalue weighted by Crippen LogP contribution is -2.33. The van der Waals surface area contributed by atoms with Gasteiger partial charge in [0.15, 0.2) is 6.10 Å². The first-order valence-electron chi connectivity index (χ1n) is 8.19. The van der Waals surface area contributed by atoms with Crippen LogP contribution in [0, 0.1) is 0 Å². The van der Waals surface area contributed by atoms with Crippen LogP contribution < -0.4 is 10.1 Å². The second kappa shape index (κ2) is 7.02. The third-order valence-corrected chi connectivity index (χ3v) is 4.87. The van der Waals surface area contributed by atoms with Crippen LogP contribution in [0.1, 0.15) is 22.0 Å². The number of hydrogen-bond acceptors (Lipinski definition) is 3. The lowest BCUT2D eigenvalue weighted by atomic mass is 9.96. The number of carbonyl (C=O) groups excluding carboxylic acids is 1. The van der Waals surface area contributed by atoms with Crippen LogP contribution >= 0.6 is 23.2 Å². The molecule has 1 heterocycles. The smallest absolute Gasteiger partial charge is 0.205 e. The number of nitrogens with one attached hydrogen (secondary N) is 1. The number of halogens is 2. The molecule has 0 spiro atoms. The maximum Gasteiger partial charge on any atom is 0.205 e. The molecule has 1 N–H and O–H groups in total. The van der Waals surface area contributed by atoms with Crippen LogP contribution in [0.4, 0.5) is 5.69 Å². The molecular weight excluding hydrogens is 369 g/mol. The van der Waals surface area contributed by atoms with Crippen LogP contribution in [0.3, 0.4) is 0 Å². The van der Waals surface area contributed by atoms with Crippen LogP contribution in [0.15, 0.2) is 72.8 Å². The SMILES string of the molecule is O=C(c1ccc(Cl)cc1)C1Oc2ccccc2C1Nc1ccc(Cl)cc1. The van der Waals surface area contributed by atoms with E-state index in [0.29, 0.717) is 21.4 Å². The molecule has 0 amide bonds. The highest BCUT2D eigenvalue weighted by molar-refractivity contribution is 6.31. The van der Waals surface area contributed by atoms with E-state index in [4.69, 9.17) is 27.9 Å². The topological polar surface area (TPSA) is 38.3 Å². The zero-order valence-corrected chi connectivity index (χ0v) is 15.2. The van der Waals surface area contributed by atoms with Crippen molar-refractivity contribution in [3.8, 4) is 5.75 Å². The third kappa shape index (κ3) is 3.28. The van der Waals surface area contributed by atoms with Gasteiger partial charge in [-0.3, -0.25) is 4.79 Å². The van der Waals surface area contributed by atoms with Crippen molar-refractivity contribution < 1.29 is 9.53 Å². The zero-order valence-electron chi connectivity index (χ0n) is 13.7. The Morgan fingerprint density at radius 2 is 1.46 bits per heavy atom. The van der Waals surface area contributed by atoms with Gasteiger partial charge in [-0.05, 0) is 54.6 Å². The summed E-state index contributed by atoms with van der Waals surface area (Å²) >= 11 is 11.9. The summed E-state index contributed by atoms with van der Waals surface area (Å²) in [4.78, 5) is 13.1. The number of para-hydroxylation sites is 1. The Bertz CT molecular complexity index is 939. The van der Waals surface area contributed by atoms with Crippen molar-refractivity contribution in [2.45, 2.75) is 12.1 Å². The summed E-state index contributed by atoms with van der Waals surface area (Å²) in [6, 6.07) is 21.6. The molecule has 0 radical (unpaired) electrons. The summed E-state index contributed by atoms with van der Waals surface area (Å²) in [6.45, 7) is 0. The summed E-state index contributed by atoms with van der Waals surface area (Å²) in [5.41, 5.74) is 2.39. The van der Waals surface area contributed by atoms with Gasteiger partial charge in [0.1, 0.15) is 5.75 Å². The van der Waals surface area contributed by atoms with E-state index in [1.54, 1.807) is 24.3 Å². The number of Topliss-reactive ketones (excluding diaryl/α,β-unsaturated/α-hetero) is 1. The van der Waals surface area contributed by atoms with E-state index in [2.05, 4.69) is 5.32 Å². The number of ether oxygens (including phenoxy) is 1. The molecule has 0 saturated carbocycles. The Morgan fingerprint density at radius 3 is 2.15 bits per heavy atom. The molecule has 0 bridgehead atoms. The third-order valence-electron chi connectivity index (χ3n) is 4.36. The van der Waals surface area contributed by atoms with Gasteiger partial charge in [0, 0.05) is 26.9 Å². The Morgan fingerprint density at radius 1 is 0.846 bits per heavy atom. The molecule has 26 heavy (non-hydrogen) atoms. The molecule has 3 nitrogen and oxygen atoms in total. The second-order valence-electron chi connectivity index (χ2n) is 6.08. The summed E-state index contributed by atoms with van der Waals surface area (Å²) in [7, 11) is 0. The first-order chi connectivity index (χ1) is 12.6. The lowest BCUT2D eigenvalue weighted by molar-refractivity contribution is 0.0802. The van der Waals surface area contributed by atoms with Crippen molar-refractivity contribution in [3.05, 3.63) is 94.0 Å². The van der Waals surface area contributed by atoms with Crippen molar-refractivity contribution >= 4 is 34.7 Å². The van der Waals surface area contributed by atoms with Gasteiger partial charge < -0.3 is 10.1 Å². The van der Waals surface area contributed by atoms with Gasteiger partial charge in [0.25, 0.3) is 0 Å². The van der Waals surface area contributed by atoms with Crippen LogP contribution in [0.25, 0.3) is 0 Å². The average Bonchev–Trinajstić information content (AvgIpc) is 3.02. The molecule has 0 fully saturated rings. The highest BCUT2D eigenvalue weighted by Gasteiger charge is 2.39. The van der Waals surface area contributed by atoms with E-state index in [0.717, 1.165) is 11.3 Å². The number of fused-ring (bicyclic) bond motifs is 1. The molecule has 3 aromatic carbocycles. The molecule has 3 aromatic rings. The zero-order chi connectivity index (χ0) is 18.1. The van der Waals surface area contributed by atoms with Crippen LogP contribution in [-0.2, 0) is 0 Å². The quantitative estimate of drug-likeness (QED) is 0.579. The number of ketones is 1. The van der Waals surface area contributed by atoms with E-state index in [9.17, 15) is 4.79 Å². The Labute approximate surface area is 161 Å². The van der Waals surface area contributed by atoms with E-state index in [-0.39, 0.29) is 11.8 Å². The molecule has 130 valence electrons. The Balaban J connectivity index is 1.67. The summed E-state index contributed by atoms with van der Waals surface area (Å²) < 4.78 is 5.99. The molecule has 0 aromatic heterocycles. The van der Waals surface area contributed by atoms with E-state index in [1.165, 1.54) is 0 Å². The van der Waals surface area contributed by atoms with E-state index < -0.39 is 6.10 Å². The monoisotopic (exact) mass is 383 g/mol. The summed E-state index contributed by atoms with van der Waals surface area (Å²) in [5, 5.41) is 4.66. The first-order valence-corrected chi connectivity index (χ1v) is 8.95. The fraction of sp³-hybridized carbons (Fsp3) is 0.0952. The fourth-order valence-electron chi connectivity index (χ4n) is 3.08. The minimum Gasteiger partial charge on any atom is -0.479 e. The van der Waals surface area contributed by atoms with Gasteiger partial charge in [0.2, 0.25) is 5.78 Å². The molecule has 4 rings (SSSR count). The average molecular weight is 384 g/mol. The van der Waals surface area contributed by atoms with Crippen LogP contribution in [0.2, 0.25) is 10.0 Å².